The fraction of sp³-hybridized carbons (Fsp3) is 0.0476. The van der Waals surface area contributed by atoms with E-state index < -0.39 is 11.6 Å². The lowest BCUT2D eigenvalue weighted by Crippen LogP contribution is -2.09. The van der Waals surface area contributed by atoms with Crippen molar-refractivity contribution < 1.29 is 13.5 Å². The summed E-state index contributed by atoms with van der Waals surface area (Å²) >= 11 is 0. The van der Waals surface area contributed by atoms with Crippen LogP contribution in [0.5, 0.6) is 5.75 Å². The van der Waals surface area contributed by atoms with Crippen LogP contribution in [0.3, 0.4) is 0 Å². The van der Waals surface area contributed by atoms with E-state index in [1.807, 2.05) is 18.2 Å². The maximum atomic E-state index is 13.7. The molecule has 1 heterocycles. The molecule has 3 aromatic carbocycles. The molecule has 4 nitrogen and oxygen atoms in total. The van der Waals surface area contributed by atoms with Crippen LogP contribution in [0.2, 0.25) is 0 Å². The monoisotopic (exact) mass is 364 g/mol. The number of para-hydroxylation sites is 1. The van der Waals surface area contributed by atoms with E-state index in [1.54, 1.807) is 30.3 Å². The molecule has 1 N–H and O–H groups in total. The second-order valence-corrected chi connectivity index (χ2v) is 6.00. The van der Waals surface area contributed by atoms with Crippen molar-refractivity contribution in [3.8, 4) is 17.1 Å². The van der Waals surface area contributed by atoms with Crippen molar-refractivity contribution in [3.63, 3.8) is 0 Å². The Kier molecular flexibility index (Phi) is 4.38. The minimum atomic E-state index is -0.758. The zero-order valence-electron chi connectivity index (χ0n) is 14.1. The van der Waals surface area contributed by atoms with Gasteiger partial charge in [-0.05, 0) is 35.9 Å². The highest BCUT2D eigenvalue weighted by molar-refractivity contribution is 5.79. The molecule has 6 heteroatoms. The Labute approximate surface area is 153 Å². The first kappa shape index (κ1) is 16.9. The summed E-state index contributed by atoms with van der Waals surface area (Å²) in [6, 6.07) is 17.5. The molecule has 0 saturated carbocycles. The van der Waals surface area contributed by atoms with Crippen LogP contribution in [0.15, 0.2) is 71.5 Å². The number of nitrogens with zero attached hydrogens (tertiary/aromatic N) is 1. The number of fused-ring (bicyclic) bond motifs is 1. The fourth-order valence-electron chi connectivity index (χ4n) is 2.78. The molecule has 0 fully saturated rings. The van der Waals surface area contributed by atoms with Crippen LogP contribution in [0, 0.1) is 11.6 Å². The summed E-state index contributed by atoms with van der Waals surface area (Å²) in [5, 5.41) is 0.521. The van der Waals surface area contributed by atoms with Crippen LogP contribution in [0.4, 0.5) is 8.78 Å². The van der Waals surface area contributed by atoms with Gasteiger partial charge < -0.3 is 9.72 Å². The molecule has 27 heavy (non-hydrogen) atoms. The molecule has 134 valence electrons. The van der Waals surface area contributed by atoms with E-state index in [9.17, 15) is 13.6 Å². The number of nitrogens with one attached hydrogen (secondary N) is 1. The molecule has 4 aromatic rings. The van der Waals surface area contributed by atoms with Crippen LogP contribution < -0.4 is 10.3 Å². The second-order valence-electron chi connectivity index (χ2n) is 6.00. The Bertz CT molecular complexity index is 1190. The van der Waals surface area contributed by atoms with Crippen LogP contribution >= 0.6 is 0 Å². The summed E-state index contributed by atoms with van der Waals surface area (Å²) < 4.78 is 32.1. The van der Waals surface area contributed by atoms with Gasteiger partial charge in [0, 0.05) is 11.6 Å². The maximum absolute atomic E-state index is 13.7. The summed E-state index contributed by atoms with van der Waals surface area (Å²) in [6.07, 6.45) is 0. The van der Waals surface area contributed by atoms with Crippen molar-refractivity contribution in [1.82, 2.24) is 9.97 Å². The Hall–Kier alpha value is -3.54. The third-order valence-electron chi connectivity index (χ3n) is 4.10. The average molecular weight is 364 g/mol. The van der Waals surface area contributed by atoms with Gasteiger partial charge >= 0.3 is 0 Å². The molecule has 0 unspecified atom stereocenters. The van der Waals surface area contributed by atoms with E-state index in [-0.39, 0.29) is 17.9 Å². The maximum Gasteiger partial charge on any atom is 0.259 e. The van der Waals surface area contributed by atoms with Gasteiger partial charge in [0.2, 0.25) is 0 Å². The average Bonchev–Trinajstić information content (AvgIpc) is 2.67. The topological polar surface area (TPSA) is 55.0 Å². The summed E-state index contributed by atoms with van der Waals surface area (Å²) in [5.41, 5.74) is 1.85. The number of halogens is 2. The molecule has 0 aliphatic rings. The van der Waals surface area contributed by atoms with Gasteiger partial charge in [0.1, 0.15) is 18.2 Å². The van der Waals surface area contributed by atoms with Gasteiger partial charge in [0.05, 0.1) is 10.9 Å². The normalized spacial score (nSPS) is 10.9. The molecule has 1 aromatic heterocycles. The zero-order chi connectivity index (χ0) is 18.8. The van der Waals surface area contributed by atoms with Crippen LogP contribution in [-0.4, -0.2) is 9.97 Å². The van der Waals surface area contributed by atoms with E-state index >= 15 is 0 Å². The molecule has 0 saturated heterocycles. The first-order valence-electron chi connectivity index (χ1n) is 8.26. The Morgan fingerprint density at radius 2 is 1.81 bits per heavy atom. The van der Waals surface area contributed by atoms with Crippen molar-refractivity contribution in [2.24, 2.45) is 0 Å². The highest BCUT2D eigenvalue weighted by Gasteiger charge is 2.08. The summed E-state index contributed by atoms with van der Waals surface area (Å²) in [6.45, 7) is 0.0915. The highest BCUT2D eigenvalue weighted by Crippen LogP contribution is 2.21. The van der Waals surface area contributed by atoms with Crippen molar-refractivity contribution in [1.29, 1.82) is 0 Å². The fourth-order valence-corrected chi connectivity index (χ4v) is 2.78. The first-order valence-corrected chi connectivity index (χ1v) is 8.26. The smallest absolute Gasteiger partial charge is 0.259 e. The highest BCUT2D eigenvalue weighted by atomic mass is 19.1. The Morgan fingerprint density at radius 1 is 0.963 bits per heavy atom. The number of ether oxygens (including phenoxy) is 1. The molecule has 0 aliphatic carbocycles. The van der Waals surface area contributed by atoms with E-state index in [2.05, 4.69) is 9.97 Å². The zero-order valence-corrected chi connectivity index (χ0v) is 14.1. The number of H-pyrrole nitrogens is 1. The lowest BCUT2D eigenvalue weighted by molar-refractivity contribution is 0.289. The Morgan fingerprint density at radius 3 is 2.67 bits per heavy atom. The van der Waals surface area contributed by atoms with Gasteiger partial charge in [-0.25, -0.2) is 13.8 Å². The van der Waals surface area contributed by atoms with Crippen molar-refractivity contribution in [3.05, 3.63) is 94.3 Å². The lowest BCUT2D eigenvalue weighted by atomic mass is 10.1. The quantitative estimate of drug-likeness (QED) is 0.582. The molecule has 4 rings (SSSR count). The molecule has 0 radical (unpaired) electrons. The van der Waals surface area contributed by atoms with Crippen molar-refractivity contribution in [2.75, 3.05) is 0 Å². The molecular formula is C21H14F2N2O2. The predicted octanol–water partition coefficient (Wildman–Crippen LogP) is 4.45. The van der Waals surface area contributed by atoms with E-state index in [0.29, 0.717) is 22.3 Å². The molecule has 0 atom stereocenters. The SMILES string of the molecule is O=c1[nH]c(-c2cccc(COc3ccc(F)cc3F)c2)nc2ccccc12. The van der Waals surface area contributed by atoms with Gasteiger partial charge in [-0.15, -0.1) is 0 Å². The van der Waals surface area contributed by atoms with Gasteiger partial charge in [-0.1, -0.05) is 30.3 Å². The summed E-state index contributed by atoms with van der Waals surface area (Å²) in [7, 11) is 0. The number of rotatable bonds is 4. The first-order chi connectivity index (χ1) is 13.1. The van der Waals surface area contributed by atoms with Crippen LogP contribution in [-0.2, 0) is 6.61 Å². The van der Waals surface area contributed by atoms with E-state index in [4.69, 9.17) is 4.74 Å². The Balaban J connectivity index is 1.62. The van der Waals surface area contributed by atoms with Gasteiger partial charge in [-0.3, -0.25) is 4.79 Å². The summed E-state index contributed by atoms with van der Waals surface area (Å²) in [4.78, 5) is 19.5. The van der Waals surface area contributed by atoms with Gasteiger partial charge in [-0.2, -0.15) is 0 Å². The van der Waals surface area contributed by atoms with Crippen LogP contribution in [0.1, 0.15) is 5.56 Å². The number of hydrogen-bond donors (Lipinski definition) is 1. The molecule has 0 amide bonds. The van der Waals surface area contributed by atoms with E-state index in [0.717, 1.165) is 17.7 Å². The van der Waals surface area contributed by atoms with E-state index in [1.165, 1.54) is 6.07 Å². The molecule has 0 spiro atoms. The number of aromatic nitrogens is 2. The number of aromatic amines is 1. The number of benzene rings is 3. The third kappa shape index (κ3) is 3.55. The van der Waals surface area contributed by atoms with Crippen molar-refractivity contribution >= 4 is 10.9 Å². The third-order valence-corrected chi connectivity index (χ3v) is 4.10. The predicted molar refractivity (Wildman–Crippen MR) is 98.5 cm³/mol. The minimum absolute atomic E-state index is 0.0287. The second kappa shape index (κ2) is 6.99. The standard InChI is InChI=1S/C21H14F2N2O2/c22-15-8-9-19(17(23)11-15)27-12-13-4-3-5-14(10-13)20-24-18-7-2-1-6-16(18)21(26)25-20/h1-11H,12H2,(H,24,25,26). The summed E-state index contributed by atoms with van der Waals surface area (Å²) in [5.74, 6) is -1.01. The van der Waals surface area contributed by atoms with Gasteiger partial charge in [0.25, 0.3) is 5.56 Å². The number of hydrogen-bond acceptors (Lipinski definition) is 3. The molecule has 0 bridgehead atoms. The lowest BCUT2D eigenvalue weighted by Gasteiger charge is -2.09. The van der Waals surface area contributed by atoms with Crippen molar-refractivity contribution in [2.45, 2.75) is 6.61 Å². The van der Waals surface area contributed by atoms with Gasteiger partial charge in [0.15, 0.2) is 11.6 Å². The largest absolute Gasteiger partial charge is 0.486 e. The molecule has 0 aliphatic heterocycles. The minimum Gasteiger partial charge on any atom is -0.486 e. The van der Waals surface area contributed by atoms with Crippen LogP contribution in [0.25, 0.3) is 22.3 Å². The molecular weight excluding hydrogens is 350 g/mol.